The van der Waals surface area contributed by atoms with Crippen LogP contribution < -0.4 is 0 Å². The molecule has 208 valence electrons. The summed E-state index contributed by atoms with van der Waals surface area (Å²) in [4.78, 5) is 10.9. The molecule has 0 saturated heterocycles. The molecule has 9 rings (SSSR count). The summed E-state index contributed by atoms with van der Waals surface area (Å²) in [6.07, 6.45) is 0. The van der Waals surface area contributed by atoms with E-state index in [9.17, 15) is 0 Å². The number of aromatic nitrogens is 3. The number of rotatable bonds is 3. The molecule has 0 unspecified atom stereocenters. The van der Waals surface area contributed by atoms with Crippen molar-refractivity contribution in [2.45, 2.75) is 19.3 Å². The lowest BCUT2D eigenvalue weighted by Gasteiger charge is -2.24. The number of benzene rings is 6. The molecule has 0 fully saturated rings. The molecule has 8 aromatic rings. The Hall–Kier alpha value is -5.54. The lowest BCUT2D eigenvalue weighted by atomic mass is 9.81. The summed E-state index contributed by atoms with van der Waals surface area (Å²) in [5.41, 5.74) is 11.1. The van der Waals surface area contributed by atoms with Gasteiger partial charge in [-0.15, -0.1) is 0 Å². The number of hydrogen-bond acceptors (Lipinski definition) is 2. The molecule has 2 aromatic heterocycles. The Morgan fingerprint density at radius 2 is 1.11 bits per heavy atom. The third kappa shape index (κ3) is 3.56. The third-order valence-corrected chi connectivity index (χ3v) is 9.38. The van der Waals surface area contributed by atoms with Gasteiger partial charge >= 0.3 is 0 Å². The van der Waals surface area contributed by atoms with Gasteiger partial charge in [-0.3, -0.25) is 4.57 Å². The van der Waals surface area contributed by atoms with Gasteiger partial charge in [0.05, 0.1) is 22.4 Å². The van der Waals surface area contributed by atoms with E-state index in [4.69, 9.17) is 9.97 Å². The first-order valence-electron chi connectivity index (χ1n) is 15.2. The van der Waals surface area contributed by atoms with Crippen LogP contribution in [-0.2, 0) is 5.41 Å². The van der Waals surface area contributed by atoms with E-state index in [1.807, 2.05) is 0 Å². The number of nitrogens with zero attached hydrogens (tertiary/aromatic N) is 3. The summed E-state index contributed by atoms with van der Waals surface area (Å²) in [6, 6.07) is 49.8. The van der Waals surface area contributed by atoms with E-state index >= 15 is 0 Å². The summed E-state index contributed by atoms with van der Waals surface area (Å²) < 4.78 is 2.26. The molecule has 0 atom stereocenters. The molecule has 0 radical (unpaired) electrons. The summed E-state index contributed by atoms with van der Waals surface area (Å²) in [7, 11) is 0. The van der Waals surface area contributed by atoms with Crippen molar-refractivity contribution < 1.29 is 0 Å². The van der Waals surface area contributed by atoms with E-state index in [0.29, 0.717) is 5.95 Å². The van der Waals surface area contributed by atoms with Gasteiger partial charge in [0, 0.05) is 32.9 Å². The Morgan fingerprint density at radius 1 is 0.500 bits per heavy atom. The van der Waals surface area contributed by atoms with Crippen LogP contribution >= 0.6 is 0 Å². The lowest BCUT2D eigenvalue weighted by Crippen LogP contribution is -2.18. The van der Waals surface area contributed by atoms with Gasteiger partial charge in [0.25, 0.3) is 0 Å². The molecule has 0 aliphatic heterocycles. The fraction of sp³-hybridized carbons (Fsp3) is 0.0732. The Kier molecular flexibility index (Phi) is 5.24. The molecule has 0 spiro atoms. The predicted molar refractivity (Wildman–Crippen MR) is 182 cm³/mol. The van der Waals surface area contributed by atoms with Crippen molar-refractivity contribution in [3.63, 3.8) is 0 Å². The van der Waals surface area contributed by atoms with Crippen molar-refractivity contribution in [3.05, 3.63) is 151 Å². The highest BCUT2D eigenvalue weighted by atomic mass is 15.2. The molecule has 44 heavy (non-hydrogen) atoms. The van der Waals surface area contributed by atoms with Gasteiger partial charge in [-0.1, -0.05) is 135 Å². The monoisotopic (exact) mass is 563 g/mol. The maximum absolute atomic E-state index is 5.47. The first-order valence-corrected chi connectivity index (χ1v) is 15.2. The number of hydrogen-bond donors (Lipinski definition) is 0. The van der Waals surface area contributed by atoms with Crippen LogP contribution in [0.3, 0.4) is 0 Å². The quantitative estimate of drug-likeness (QED) is 0.214. The number of fused-ring (bicyclic) bond motifs is 7. The predicted octanol–water partition coefficient (Wildman–Crippen LogP) is 10.4. The topological polar surface area (TPSA) is 30.7 Å². The van der Waals surface area contributed by atoms with Crippen LogP contribution in [0.15, 0.2) is 140 Å². The van der Waals surface area contributed by atoms with Crippen molar-refractivity contribution in [3.8, 4) is 39.6 Å². The minimum absolute atomic E-state index is 0.241. The average molecular weight is 564 g/mol. The summed E-state index contributed by atoms with van der Waals surface area (Å²) >= 11 is 0. The second kappa shape index (κ2) is 9.23. The van der Waals surface area contributed by atoms with Crippen molar-refractivity contribution in [1.82, 2.24) is 14.5 Å². The van der Waals surface area contributed by atoms with Crippen LogP contribution in [0.2, 0.25) is 0 Å². The zero-order valence-corrected chi connectivity index (χ0v) is 24.6. The molecule has 1 aliphatic rings. The normalized spacial score (nSPS) is 13.4. The zero-order valence-electron chi connectivity index (χ0n) is 24.6. The third-order valence-electron chi connectivity index (χ3n) is 9.38. The van der Waals surface area contributed by atoms with E-state index in [0.717, 1.165) is 28.0 Å². The van der Waals surface area contributed by atoms with Crippen molar-refractivity contribution >= 4 is 32.6 Å². The molecule has 1 aliphatic carbocycles. The summed E-state index contributed by atoms with van der Waals surface area (Å²) in [5, 5.41) is 4.84. The molecule has 0 saturated carbocycles. The van der Waals surface area contributed by atoms with Crippen LogP contribution in [0.25, 0.3) is 72.2 Å². The zero-order chi connectivity index (χ0) is 29.4. The van der Waals surface area contributed by atoms with Crippen molar-refractivity contribution in [2.24, 2.45) is 0 Å². The van der Waals surface area contributed by atoms with E-state index in [1.165, 1.54) is 49.4 Å². The highest BCUT2D eigenvalue weighted by Gasteiger charge is 2.40. The molecular formula is C41H29N3. The van der Waals surface area contributed by atoms with Gasteiger partial charge in [0.15, 0.2) is 0 Å². The fourth-order valence-corrected chi connectivity index (χ4v) is 7.24. The van der Waals surface area contributed by atoms with E-state index in [1.54, 1.807) is 0 Å². The molecule has 3 nitrogen and oxygen atoms in total. The summed E-state index contributed by atoms with van der Waals surface area (Å²) in [5.74, 6) is 0.694. The van der Waals surface area contributed by atoms with Crippen molar-refractivity contribution in [1.29, 1.82) is 0 Å². The van der Waals surface area contributed by atoms with E-state index in [-0.39, 0.29) is 5.41 Å². The van der Waals surface area contributed by atoms with Gasteiger partial charge in [-0.2, -0.15) is 0 Å². The highest BCUT2D eigenvalue weighted by Crippen LogP contribution is 2.51. The van der Waals surface area contributed by atoms with Gasteiger partial charge in [-0.05, 0) is 45.7 Å². The van der Waals surface area contributed by atoms with Crippen LogP contribution in [0.4, 0.5) is 0 Å². The molecule has 6 aromatic carbocycles. The number of para-hydroxylation sites is 1. The van der Waals surface area contributed by atoms with Crippen LogP contribution in [0, 0.1) is 0 Å². The molecular weight excluding hydrogens is 534 g/mol. The van der Waals surface area contributed by atoms with Crippen molar-refractivity contribution in [2.75, 3.05) is 0 Å². The first kappa shape index (κ1) is 25.0. The van der Waals surface area contributed by atoms with E-state index < -0.39 is 0 Å². The minimum atomic E-state index is -0.241. The second-order valence-electron chi connectivity index (χ2n) is 12.3. The Morgan fingerprint density at radius 3 is 1.93 bits per heavy atom. The van der Waals surface area contributed by atoms with Crippen LogP contribution in [0.1, 0.15) is 25.0 Å². The molecule has 2 heterocycles. The minimum Gasteiger partial charge on any atom is -0.278 e. The average Bonchev–Trinajstić information content (AvgIpc) is 3.52. The van der Waals surface area contributed by atoms with Gasteiger partial charge in [0.1, 0.15) is 0 Å². The fourth-order valence-electron chi connectivity index (χ4n) is 7.24. The lowest BCUT2D eigenvalue weighted by molar-refractivity contribution is 0.657. The van der Waals surface area contributed by atoms with Gasteiger partial charge in [0.2, 0.25) is 5.95 Å². The van der Waals surface area contributed by atoms with Gasteiger partial charge < -0.3 is 0 Å². The Bertz CT molecular complexity index is 2400. The molecule has 3 heteroatoms. The van der Waals surface area contributed by atoms with E-state index in [2.05, 4.69) is 158 Å². The Balaban J connectivity index is 1.36. The van der Waals surface area contributed by atoms with Gasteiger partial charge in [-0.25, -0.2) is 9.97 Å². The second-order valence-corrected chi connectivity index (χ2v) is 12.3. The first-order chi connectivity index (χ1) is 21.6. The molecule has 0 bridgehead atoms. The summed E-state index contributed by atoms with van der Waals surface area (Å²) in [6.45, 7) is 4.60. The highest BCUT2D eigenvalue weighted by molar-refractivity contribution is 6.13. The Labute approximate surface area is 256 Å². The molecule has 0 amide bonds. The van der Waals surface area contributed by atoms with Crippen LogP contribution in [0.5, 0.6) is 0 Å². The molecule has 0 N–H and O–H groups in total. The van der Waals surface area contributed by atoms with Crippen LogP contribution in [-0.4, -0.2) is 14.5 Å². The largest absolute Gasteiger partial charge is 0.278 e. The SMILES string of the molecule is CC1(C)c2ccccc2-c2nc(-n3c4ccccc4c4cc5ccccc5cc43)nc(-c3ccc(-c4ccccc4)cc3)c21. The maximum atomic E-state index is 5.47. The maximum Gasteiger partial charge on any atom is 0.235 e. The smallest absolute Gasteiger partial charge is 0.235 e. The standard InChI is InChI=1S/C41H29N3/c1-41(2)34-18-10-8-17-32(34)39-37(41)38(28-22-20-27(21-23-28)26-12-4-3-5-13-26)42-40(43-39)44-35-19-11-9-16-31(35)33-24-29-14-6-7-15-30(29)25-36(33)44/h3-25H,1-2H3.